The number of rotatable bonds is 4. The quantitative estimate of drug-likeness (QED) is 0.739. The molecule has 3 aromatic rings. The molecule has 3 heterocycles. The molecule has 110 valence electrons. The highest BCUT2D eigenvalue weighted by atomic mass is 16.5. The molecule has 1 fully saturated rings. The maximum absolute atomic E-state index is 5.74. The van der Waals surface area contributed by atoms with Crippen LogP contribution in [0.5, 0.6) is 5.75 Å². The first-order chi connectivity index (χ1) is 10.9. The highest BCUT2D eigenvalue weighted by Gasteiger charge is 2.28. The molecule has 5 nitrogen and oxygen atoms in total. The van der Waals surface area contributed by atoms with Crippen molar-refractivity contribution >= 4 is 16.9 Å². The van der Waals surface area contributed by atoms with Crippen LogP contribution >= 0.6 is 0 Å². The van der Waals surface area contributed by atoms with E-state index in [9.17, 15) is 0 Å². The predicted molar refractivity (Wildman–Crippen MR) is 85.0 cm³/mol. The van der Waals surface area contributed by atoms with Crippen molar-refractivity contribution in [1.82, 2.24) is 15.0 Å². The van der Waals surface area contributed by atoms with Crippen LogP contribution in [0.2, 0.25) is 0 Å². The Morgan fingerprint density at radius 2 is 1.91 bits per heavy atom. The van der Waals surface area contributed by atoms with E-state index in [1.807, 2.05) is 42.6 Å². The van der Waals surface area contributed by atoms with Crippen molar-refractivity contribution in [2.45, 2.75) is 0 Å². The van der Waals surface area contributed by atoms with Crippen molar-refractivity contribution in [3.63, 3.8) is 0 Å². The SMILES string of the molecule is c1cncc(OCC2CN(c3cnc4ccccc4n3)C2)c1. The van der Waals surface area contributed by atoms with E-state index in [1.54, 1.807) is 12.4 Å². The van der Waals surface area contributed by atoms with Gasteiger partial charge in [0.05, 0.1) is 30.0 Å². The van der Waals surface area contributed by atoms with E-state index in [0.29, 0.717) is 12.5 Å². The number of para-hydroxylation sites is 2. The van der Waals surface area contributed by atoms with Crippen molar-refractivity contribution in [1.29, 1.82) is 0 Å². The summed E-state index contributed by atoms with van der Waals surface area (Å²) >= 11 is 0. The predicted octanol–water partition coefficient (Wildman–Crippen LogP) is 2.54. The average Bonchev–Trinajstić information content (AvgIpc) is 2.54. The molecule has 1 aromatic carbocycles. The molecule has 1 aliphatic rings. The zero-order valence-electron chi connectivity index (χ0n) is 12.1. The fraction of sp³-hybridized carbons (Fsp3) is 0.235. The maximum Gasteiger partial charge on any atom is 0.147 e. The van der Waals surface area contributed by atoms with Gasteiger partial charge in [0.2, 0.25) is 0 Å². The Morgan fingerprint density at radius 3 is 2.73 bits per heavy atom. The van der Waals surface area contributed by atoms with Crippen molar-refractivity contribution in [2.24, 2.45) is 5.92 Å². The van der Waals surface area contributed by atoms with Gasteiger partial charge in [-0.25, -0.2) is 4.98 Å². The first kappa shape index (κ1) is 13.0. The van der Waals surface area contributed by atoms with Crippen molar-refractivity contribution in [2.75, 3.05) is 24.6 Å². The molecule has 1 saturated heterocycles. The Balaban J connectivity index is 1.36. The molecular weight excluding hydrogens is 276 g/mol. The van der Waals surface area contributed by atoms with E-state index in [-0.39, 0.29) is 0 Å². The third kappa shape index (κ3) is 2.57. The van der Waals surface area contributed by atoms with Gasteiger partial charge in [0.1, 0.15) is 11.6 Å². The summed E-state index contributed by atoms with van der Waals surface area (Å²) in [5.74, 6) is 2.29. The van der Waals surface area contributed by atoms with Crippen molar-refractivity contribution in [3.05, 3.63) is 55.0 Å². The summed E-state index contributed by atoms with van der Waals surface area (Å²) in [6.07, 6.45) is 5.34. The fourth-order valence-corrected chi connectivity index (χ4v) is 2.61. The smallest absolute Gasteiger partial charge is 0.147 e. The second kappa shape index (κ2) is 5.60. The van der Waals surface area contributed by atoms with Gasteiger partial charge in [-0.15, -0.1) is 0 Å². The largest absolute Gasteiger partial charge is 0.492 e. The summed E-state index contributed by atoms with van der Waals surface area (Å²) in [7, 11) is 0. The number of ether oxygens (including phenoxy) is 1. The van der Waals surface area contributed by atoms with Crippen LogP contribution in [-0.4, -0.2) is 34.6 Å². The normalized spacial score (nSPS) is 14.8. The number of hydrogen-bond acceptors (Lipinski definition) is 5. The second-order valence-electron chi connectivity index (χ2n) is 5.49. The Morgan fingerprint density at radius 1 is 1.05 bits per heavy atom. The molecule has 4 rings (SSSR count). The van der Waals surface area contributed by atoms with Crippen LogP contribution in [0, 0.1) is 5.92 Å². The first-order valence-corrected chi connectivity index (χ1v) is 7.38. The van der Waals surface area contributed by atoms with E-state index in [2.05, 4.69) is 19.9 Å². The van der Waals surface area contributed by atoms with Gasteiger partial charge in [-0.3, -0.25) is 9.97 Å². The maximum atomic E-state index is 5.74. The van der Waals surface area contributed by atoms with E-state index < -0.39 is 0 Å². The van der Waals surface area contributed by atoms with Crippen LogP contribution < -0.4 is 9.64 Å². The second-order valence-corrected chi connectivity index (χ2v) is 5.49. The molecular formula is C17H16N4O. The number of hydrogen-bond donors (Lipinski definition) is 0. The summed E-state index contributed by atoms with van der Waals surface area (Å²) in [5.41, 5.74) is 1.87. The van der Waals surface area contributed by atoms with Gasteiger partial charge < -0.3 is 9.64 Å². The van der Waals surface area contributed by atoms with Crippen LogP contribution in [0.15, 0.2) is 55.0 Å². The molecule has 0 aliphatic carbocycles. The average molecular weight is 292 g/mol. The summed E-state index contributed by atoms with van der Waals surface area (Å²) in [5, 5.41) is 0. The Labute approximate surface area is 128 Å². The lowest BCUT2D eigenvalue weighted by Gasteiger charge is -2.39. The van der Waals surface area contributed by atoms with Crippen LogP contribution in [0.25, 0.3) is 11.0 Å². The standard InChI is InChI=1S/C17H16N4O/c1-2-6-16-15(5-1)19-9-17(20-16)21-10-13(11-21)12-22-14-4-3-7-18-8-14/h1-9,13H,10-12H2. The molecule has 2 aromatic heterocycles. The molecule has 1 aliphatic heterocycles. The number of pyridine rings is 1. The molecule has 0 spiro atoms. The van der Waals surface area contributed by atoms with Gasteiger partial charge in [-0.1, -0.05) is 12.1 Å². The Kier molecular flexibility index (Phi) is 3.31. The molecule has 0 unspecified atom stereocenters. The van der Waals surface area contributed by atoms with E-state index in [1.165, 1.54) is 0 Å². The van der Waals surface area contributed by atoms with Crippen molar-refractivity contribution < 1.29 is 4.74 Å². The molecule has 0 amide bonds. The number of fused-ring (bicyclic) bond motifs is 1. The Bertz CT molecular complexity index is 772. The number of benzene rings is 1. The van der Waals surface area contributed by atoms with E-state index >= 15 is 0 Å². The van der Waals surface area contributed by atoms with Crippen LogP contribution in [0.4, 0.5) is 5.82 Å². The molecule has 0 atom stereocenters. The zero-order chi connectivity index (χ0) is 14.8. The highest BCUT2D eigenvalue weighted by molar-refractivity contribution is 5.75. The number of nitrogens with zero attached hydrogens (tertiary/aromatic N) is 4. The van der Waals surface area contributed by atoms with Crippen molar-refractivity contribution in [3.8, 4) is 5.75 Å². The summed E-state index contributed by atoms with van der Waals surface area (Å²) < 4.78 is 5.74. The first-order valence-electron chi connectivity index (χ1n) is 7.38. The van der Waals surface area contributed by atoms with E-state index in [4.69, 9.17) is 4.74 Å². The lowest BCUT2D eigenvalue weighted by atomic mass is 10.0. The lowest BCUT2D eigenvalue weighted by molar-refractivity contribution is 0.219. The van der Waals surface area contributed by atoms with Gasteiger partial charge in [0, 0.05) is 25.2 Å². The Hall–Kier alpha value is -2.69. The van der Waals surface area contributed by atoms with Crippen LogP contribution in [0.3, 0.4) is 0 Å². The lowest BCUT2D eigenvalue weighted by Crippen LogP contribution is -2.49. The van der Waals surface area contributed by atoms with Gasteiger partial charge in [-0.05, 0) is 24.3 Å². The molecule has 0 saturated carbocycles. The van der Waals surface area contributed by atoms with Gasteiger partial charge in [0.25, 0.3) is 0 Å². The van der Waals surface area contributed by atoms with Gasteiger partial charge in [0.15, 0.2) is 0 Å². The van der Waals surface area contributed by atoms with Crippen LogP contribution in [0.1, 0.15) is 0 Å². The minimum Gasteiger partial charge on any atom is -0.492 e. The summed E-state index contributed by atoms with van der Waals surface area (Å²) in [4.78, 5) is 15.4. The third-order valence-corrected chi connectivity index (χ3v) is 3.84. The summed E-state index contributed by atoms with van der Waals surface area (Å²) in [6.45, 7) is 2.61. The topological polar surface area (TPSA) is 51.1 Å². The molecule has 22 heavy (non-hydrogen) atoms. The van der Waals surface area contributed by atoms with Gasteiger partial charge in [-0.2, -0.15) is 0 Å². The van der Waals surface area contributed by atoms with Crippen LogP contribution in [-0.2, 0) is 0 Å². The zero-order valence-corrected chi connectivity index (χ0v) is 12.1. The third-order valence-electron chi connectivity index (χ3n) is 3.84. The molecule has 5 heteroatoms. The van der Waals surface area contributed by atoms with E-state index in [0.717, 1.165) is 35.7 Å². The monoisotopic (exact) mass is 292 g/mol. The minimum atomic E-state index is 0.522. The molecule has 0 N–H and O–H groups in total. The minimum absolute atomic E-state index is 0.522. The fourth-order valence-electron chi connectivity index (χ4n) is 2.61. The summed E-state index contributed by atoms with van der Waals surface area (Å²) in [6, 6.07) is 11.8. The molecule has 0 bridgehead atoms. The number of aromatic nitrogens is 3. The highest BCUT2D eigenvalue weighted by Crippen LogP contribution is 2.24. The number of anilines is 1. The molecule has 0 radical (unpaired) electrons. The van der Waals surface area contributed by atoms with Gasteiger partial charge >= 0.3 is 0 Å².